The van der Waals surface area contributed by atoms with Crippen molar-refractivity contribution in [3.05, 3.63) is 29.2 Å². The molecule has 0 saturated carbocycles. The summed E-state index contributed by atoms with van der Waals surface area (Å²) in [5.41, 5.74) is 3.28. The maximum Gasteiger partial charge on any atom is 0.124 e. The fourth-order valence-corrected chi connectivity index (χ4v) is 2.46. The van der Waals surface area contributed by atoms with Gasteiger partial charge in [-0.3, -0.25) is 4.68 Å². The highest BCUT2D eigenvalue weighted by Gasteiger charge is 2.13. The Labute approximate surface area is 125 Å². The number of nitrogens with zero attached hydrogens (tertiary/aromatic N) is 4. The van der Waals surface area contributed by atoms with Crippen LogP contribution in [0.4, 0.5) is 5.82 Å². The highest BCUT2D eigenvalue weighted by Crippen LogP contribution is 2.19. The van der Waals surface area contributed by atoms with Gasteiger partial charge in [0.1, 0.15) is 5.82 Å². The number of aliphatic hydroxyl groups excluding tert-OH is 1. The first-order valence-corrected chi connectivity index (χ1v) is 7.49. The van der Waals surface area contributed by atoms with Crippen LogP contribution in [0.3, 0.4) is 0 Å². The van der Waals surface area contributed by atoms with Crippen LogP contribution < -0.4 is 5.32 Å². The van der Waals surface area contributed by atoms with Crippen molar-refractivity contribution in [2.45, 2.75) is 53.2 Å². The third kappa shape index (κ3) is 3.26. The molecule has 0 bridgehead atoms. The van der Waals surface area contributed by atoms with Gasteiger partial charge in [-0.25, -0.2) is 4.68 Å². The molecule has 0 saturated heterocycles. The molecule has 0 radical (unpaired) electrons. The van der Waals surface area contributed by atoms with E-state index in [9.17, 15) is 0 Å². The Morgan fingerprint density at radius 1 is 1.38 bits per heavy atom. The predicted molar refractivity (Wildman–Crippen MR) is 83.3 cm³/mol. The molecule has 2 rings (SSSR count). The maximum absolute atomic E-state index is 9.06. The van der Waals surface area contributed by atoms with Crippen LogP contribution in [0.2, 0.25) is 0 Å². The minimum absolute atomic E-state index is 0.107. The second kappa shape index (κ2) is 6.76. The molecule has 116 valence electrons. The van der Waals surface area contributed by atoms with E-state index < -0.39 is 0 Å². The predicted octanol–water partition coefficient (Wildman–Crippen LogP) is 2.27. The molecule has 2 N–H and O–H groups in total. The van der Waals surface area contributed by atoms with Gasteiger partial charge >= 0.3 is 0 Å². The van der Waals surface area contributed by atoms with E-state index in [0.29, 0.717) is 19.1 Å². The Morgan fingerprint density at radius 2 is 2.14 bits per heavy atom. The lowest BCUT2D eigenvalue weighted by atomic mass is 10.2. The normalized spacial score (nSPS) is 12.6. The zero-order chi connectivity index (χ0) is 15.4. The fraction of sp³-hybridized carbons (Fsp3) is 0.600. The van der Waals surface area contributed by atoms with Gasteiger partial charge in [0, 0.05) is 23.9 Å². The standard InChI is InChI=1S/C15H25N5O/c1-5-11(2)20-15(6-7-17-20)16-10-14-12(3)18-19(8-9-21)13(14)4/h6-7,11,16,21H,5,8-10H2,1-4H3. The van der Waals surface area contributed by atoms with E-state index in [2.05, 4.69) is 29.4 Å². The molecule has 2 aromatic heterocycles. The van der Waals surface area contributed by atoms with Crippen molar-refractivity contribution >= 4 is 5.82 Å². The van der Waals surface area contributed by atoms with Gasteiger partial charge < -0.3 is 10.4 Å². The molecule has 0 spiro atoms. The third-order valence-electron chi connectivity index (χ3n) is 3.97. The molecule has 0 amide bonds. The number of aliphatic hydroxyl groups is 1. The van der Waals surface area contributed by atoms with Gasteiger partial charge in [0.05, 0.1) is 31.1 Å². The van der Waals surface area contributed by atoms with Crippen molar-refractivity contribution in [3.8, 4) is 0 Å². The molecule has 0 aliphatic heterocycles. The second-order valence-electron chi connectivity index (χ2n) is 5.37. The summed E-state index contributed by atoms with van der Waals surface area (Å²) >= 11 is 0. The molecular weight excluding hydrogens is 266 g/mol. The minimum Gasteiger partial charge on any atom is -0.394 e. The van der Waals surface area contributed by atoms with E-state index >= 15 is 0 Å². The molecule has 21 heavy (non-hydrogen) atoms. The summed E-state index contributed by atoms with van der Waals surface area (Å²) in [5, 5.41) is 21.4. The van der Waals surface area contributed by atoms with Crippen LogP contribution in [-0.4, -0.2) is 31.3 Å². The molecule has 0 aliphatic carbocycles. The van der Waals surface area contributed by atoms with Crippen LogP contribution in [-0.2, 0) is 13.1 Å². The summed E-state index contributed by atoms with van der Waals surface area (Å²) in [5.74, 6) is 1.03. The van der Waals surface area contributed by atoms with E-state index in [4.69, 9.17) is 5.11 Å². The van der Waals surface area contributed by atoms with E-state index in [-0.39, 0.29) is 6.61 Å². The van der Waals surface area contributed by atoms with Crippen molar-refractivity contribution in [2.24, 2.45) is 0 Å². The largest absolute Gasteiger partial charge is 0.394 e. The Balaban J connectivity index is 2.12. The average molecular weight is 291 g/mol. The van der Waals surface area contributed by atoms with Crippen molar-refractivity contribution < 1.29 is 5.11 Å². The molecule has 0 fully saturated rings. The van der Waals surface area contributed by atoms with Crippen LogP contribution in [0.1, 0.15) is 43.3 Å². The molecule has 1 atom stereocenters. The lowest BCUT2D eigenvalue weighted by Gasteiger charge is -2.15. The molecule has 2 aromatic rings. The van der Waals surface area contributed by atoms with E-state index in [1.807, 2.05) is 35.5 Å². The zero-order valence-electron chi connectivity index (χ0n) is 13.3. The van der Waals surface area contributed by atoms with Crippen LogP contribution in [0.5, 0.6) is 0 Å². The fourth-order valence-electron chi connectivity index (χ4n) is 2.46. The van der Waals surface area contributed by atoms with Gasteiger partial charge in [-0.1, -0.05) is 6.92 Å². The van der Waals surface area contributed by atoms with Crippen molar-refractivity contribution in [2.75, 3.05) is 11.9 Å². The Hall–Kier alpha value is -1.82. The molecule has 2 heterocycles. The topological polar surface area (TPSA) is 67.9 Å². The molecule has 0 aliphatic rings. The quantitative estimate of drug-likeness (QED) is 0.821. The number of rotatable bonds is 7. The van der Waals surface area contributed by atoms with Crippen LogP contribution in [0.25, 0.3) is 0 Å². The lowest BCUT2D eigenvalue weighted by molar-refractivity contribution is 0.268. The number of nitrogens with one attached hydrogen (secondary N) is 1. The summed E-state index contributed by atoms with van der Waals surface area (Å²) < 4.78 is 3.88. The van der Waals surface area contributed by atoms with Gasteiger partial charge in [-0.2, -0.15) is 10.2 Å². The number of anilines is 1. The lowest BCUT2D eigenvalue weighted by Crippen LogP contribution is -2.12. The average Bonchev–Trinajstić information content (AvgIpc) is 3.03. The number of aromatic nitrogens is 4. The minimum atomic E-state index is 0.107. The van der Waals surface area contributed by atoms with Gasteiger partial charge in [0.15, 0.2) is 0 Å². The van der Waals surface area contributed by atoms with Crippen molar-refractivity contribution in [1.29, 1.82) is 0 Å². The third-order valence-corrected chi connectivity index (χ3v) is 3.97. The van der Waals surface area contributed by atoms with Crippen LogP contribution in [0, 0.1) is 13.8 Å². The molecule has 1 unspecified atom stereocenters. The zero-order valence-corrected chi connectivity index (χ0v) is 13.3. The molecular formula is C15H25N5O. The first-order valence-electron chi connectivity index (χ1n) is 7.49. The first kappa shape index (κ1) is 15.6. The van der Waals surface area contributed by atoms with Crippen LogP contribution in [0.15, 0.2) is 12.3 Å². The number of hydrogen-bond donors (Lipinski definition) is 2. The van der Waals surface area contributed by atoms with Crippen molar-refractivity contribution in [3.63, 3.8) is 0 Å². The summed E-state index contributed by atoms with van der Waals surface area (Å²) in [4.78, 5) is 0. The van der Waals surface area contributed by atoms with E-state index in [0.717, 1.165) is 23.6 Å². The van der Waals surface area contributed by atoms with Gasteiger partial charge in [-0.15, -0.1) is 0 Å². The highest BCUT2D eigenvalue weighted by atomic mass is 16.3. The van der Waals surface area contributed by atoms with E-state index in [1.54, 1.807) is 0 Å². The Kier molecular flexibility index (Phi) is 5.01. The first-order chi connectivity index (χ1) is 10.1. The van der Waals surface area contributed by atoms with Crippen LogP contribution >= 0.6 is 0 Å². The second-order valence-corrected chi connectivity index (χ2v) is 5.37. The van der Waals surface area contributed by atoms with Gasteiger partial charge in [0.2, 0.25) is 0 Å². The monoisotopic (exact) mass is 291 g/mol. The molecule has 0 aromatic carbocycles. The van der Waals surface area contributed by atoms with Gasteiger partial charge in [-0.05, 0) is 27.2 Å². The summed E-state index contributed by atoms with van der Waals surface area (Å²) in [6.07, 6.45) is 2.87. The highest BCUT2D eigenvalue weighted by molar-refractivity contribution is 5.37. The Bertz CT molecular complexity index is 587. The SMILES string of the molecule is CCC(C)n1nccc1NCc1c(C)nn(CCO)c1C. The summed E-state index contributed by atoms with van der Waals surface area (Å²) in [7, 11) is 0. The van der Waals surface area contributed by atoms with Gasteiger partial charge in [0.25, 0.3) is 0 Å². The summed E-state index contributed by atoms with van der Waals surface area (Å²) in [6, 6.07) is 2.37. The number of aryl methyl sites for hydroxylation is 1. The Morgan fingerprint density at radius 3 is 2.81 bits per heavy atom. The van der Waals surface area contributed by atoms with Crippen molar-refractivity contribution in [1.82, 2.24) is 19.6 Å². The molecule has 6 heteroatoms. The van der Waals surface area contributed by atoms with E-state index in [1.165, 1.54) is 5.56 Å². The molecule has 6 nitrogen and oxygen atoms in total. The maximum atomic E-state index is 9.06. The smallest absolute Gasteiger partial charge is 0.124 e. The number of hydrogen-bond acceptors (Lipinski definition) is 4. The summed E-state index contributed by atoms with van der Waals surface area (Å²) in [6.45, 7) is 9.72.